The number of hydrogen-bond donors (Lipinski definition) is 1. The predicted molar refractivity (Wildman–Crippen MR) is 204 cm³/mol. The summed E-state index contributed by atoms with van der Waals surface area (Å²) >= 11 is 12.7. The molecule has 10 nitrogen and oxygen atoms in total. The van der Waals surface area contributed by atoms with Crippen molar-refractivity contribution in [3.05, 3.63) is 62.4 Å². The van der Waals surface area contributed by atoms with Crippen LogP contribution in [0.4, 0.5) is 11.6 Å². The van der Waals surface area contributed by atoms with E-state index in [0.717, 1.165) is 55.7 Å². The van der Waals surface area contributed by atoms with Gasteiger partial charge in [0.05, 0.1) is 16.9 Å². The fourth-order valence-electron chi connectivity index (χ4n) is 8.70. The zero-order chi connectivity index (χ0) is 35.3. The van der Waals surface area contributed by atoms with Gasteiger partial charge in [0.2, 0.25) is 11.9 Å². The van der Waals surface area contributed by atoms with Crippen molar-refractivity contribution in [3.8, 4) is 0 Å². The zero-order valence-corrected chi connectivity index (χ0v) is 31.5. The van der Waals surface area contributed by atoms with Gasteiger partial charge in [0.15, 0.2) is 5.96 Å². The van der Waals surface area contributed by atoms with Gasteiger partial charge >= 0.3 is 0 Å². The summed E-state index contributed by atoms with van der Waals surface area (Å²) in [7, 11) is 2.17. The first-order valence-electron chi connectivity index (χ1n) is 18.2. The van der Waals surface area contributed by atoms with E-state index >= 15 is 0 Å². The highest BCUT2D eigenvalue weighted by Gasteiger charge is 2.56. The van der Waals surface area contributed by atoms with Gasteiger partial charge < -0.3 is 24.9 Å². The molecule has 4 atom stereocenters. The summed E-state index contributed by atoms with van der Waals surface area (Å²) in [5.74, 6) is 3.56. The lowest BCUT2D eigenvalue weighted by atomic mass is 9.45. The van der Waals surface area contributed by atoms with Gasteiger partial charge in [-0.2, -0.15) is 0 Å². The topological polar surface area (TPSA) is 89.3 Å². The van der Waals surface area contributed by atoms with Crippen molar-refractivity contribution in [1.29, 1.82) is 0 Å². The average molecular weight is 722 g/mol. The maximum absolute atomic E-state index is 14.2. The minimum absolute atomic E-state index is 0.0581. The minimum atomic E-state index is -0.0959. The number of benzene rings is 2. The number of likely N-dealkylation sites (N-methyl/N-ethyl adjacent to an activating group) is 1. The van der Waals surface area contributed by atoms with E-state index in [2.05, 4.69) is 47.8 Å². The normalized spacial score (nSPS) is 25.5. The van der Waals surface area contributed by atoms with Gasteiger partial charge in [-0.15, -0.1) is 0 Å². The molecule has 12 heteroatoms. The van der Waals surface area contributed by atoms with Crippen LogP contribution in [0.5, 0.6) is 0 Å². The molecule has 8 rings (SSSR count). The Labute approximate surface area is 305 Å². The second-order valence-corrected chi connectivity index (χ2v) is 16.3. The van der Waals surface area contributed by atoms with E-state index in [9.17, 15) is 9.59 Å². The van der Waals surface area contributed by atoms with Crippen LogP contribution in [0.1, 0.15) is 46.1 Å². The first-order valence-corrected chi connectivity index (χ1v) is 18.9. The lowest BCUT2D eigenvalue weighted by Gasteiger charge is -2.61. The van der Waals surface area contributed by atoms with Crippen molar-refractivity contribution >= 4 is 57.6 Å². The molecular formula is C38H50Cl2N8O2. The van der Waals surface area contributed by atoms with E-state index < -0.39 is 0 Å². The molecule has 1 aromatic heterocycles. The molecular weight excluding hydrogens is 671 g/mol. The first kappa shape index (κ1) is 35.1. The summed E-state index contributed by atoms with van der Waals surface area (Å²) in [6, 6.07) is 11.6. The van der Waals surface area contributed by atoms with Crippen LogP contribution in [0, 0.1) is 23.2 Å². The number of aryl methyl sites for hydroxylation is 1. The largest absolute Gasteiger partial charge is 0.340 e. The Bertz CT molecular complexity index is 1840. The molecule has 3 saturated carbocycles. The van der Waals surface area contributed by atoms with Gasteiger partial charge in [-0.1, -0.05) is 50.0 Å². The molecule has 1 N–H and O–H groups in total. The molecule has 5 fully saturated rings. The Balaban J connectivity index is 1.21. The smallest absolute Gasteiger partial charge is 0.262 e. The van der Waals surface area contributed by atoms with Crippen molar-refractivity contribution < 1.29 is 4.79 Å². The van der Waals surface area contributed by atoms with Crippen LogP contribution in [0.3, 0.4) is 0 Å². The Morgan fingerprint density at radius 1 is 0.980 bits per heavy atom. The summed E-state index contributed by atoms with van der Waals surface area (Å²) in [5, 5.41) is 5.42. The number of fused-ring (bicyclic) bond motifs is 3. The van der Waals surface area contributed by atoms with Crippen LogP contribution in [-0.2, 0) is 17.8 Å². The molecule has 2 saturated heterocycles. The number of carbonyl (C=O) groups is 1. The number of anilines is 2. The maximum atomic E-state index is 14.2. The fraction of sp³-hybridized carbons (Fsp3) is 0.579. The van der Waals surface area contributed by atoms with Crippen molar-refractivity contribution in [3.63, 3.8) is 0 Å². The van der Waals surface area contributed by atoms with Crippen LogP contribution in [0.25, 0.3) is 10.9 Å². The Morgan fingerprint density at radius 2 is 1.70 bits per heavy atom. The quantitative estimate of drug-likeness (QED) is 0.258. The average Bonchev–Trinajstić information content (AvgIpc) is 3.09. The summed E-state index contributed by atoms with van der Waals surface area (Å²) in [6.45, 7) is 15.4. The van der Waals surface area contributed by atoms with E-state index in [4.69, 9.17) is 33.2 Å². The van der Waals surface area contributed by atoms with Gasteiger partial charge in [-0.3, -0.25) is 14.2 Å². The van der Waals surface area contributed by atoms with E-state index in [0.29, 0.717) is 83.3 Å². The third-order valence-corrected chi connectivity index (χ3v) is 12.8. The van der Waals surface area contributed by atoms with Crippen molar-refractivity contribution in [2.24, 2.45) is 28.2 Å². The molecule has 3 heterocycles. The molecule has 0 unspecified atom stereocenters. The van der Waals surface area contributed by atoms with Gasteiger partial charge in [0, 0.05) is 81.6 Å². The third-order valence-electron chi connectivity index (χ3n) is 12.2. The van der Waals surface area contributed by atoms with Crippen LogP contribution < -0.4 is 15.8 Å². The van der Waals surface area contributed by atoms with Crippen molar-refractivity contribution in [2.45, 2.75) is 59.5 Å². The van der Waals surface area contributed by atoms with Gasteiger partial charge in [-0.05, 0) is 85.4 Å². The second kappa shape index (κ2) is 14.0. The number of aromatic nitrogens is 2. The van der Waals surface area contributed by atoms with Gasteiger partial charge in [0.25, 0.3) is 5.56 Å². The number of amides is 1. The summed E-state index contributed by atoms with van der Waals surface area (Å²) in [6.07, 6.45) is 3.00. The summed E-state index contributed by atoms with van der Waals surface area (Å²) in [4.78, 5) is 45.7. The fourth-order valence-corrected chi connectivity index (χ4v) is 9.20. The van der Waals surface area contributed by atoms with Gasteiger partial charge in [0.1, 0.15) is 0 Å². The van der Waals surface area contributed by atoms with E-state index in [1.807, 2.05) is 35.2 Å². The molecule has 3 aliphatic carbocycles. The number of guanidine groups is 1. The van der Waals surface area contributed by atoms with E-state index in [1.165, 1.54) is 6.42 Å². The molecule has 50 heavy (non-hydrogen) atoms. The third kappa shape index (κ3) is 6.83. The molecule has 1 amide bonds. The predicted octanol–water partition coefficient (Wildman–Crippen LogP) is 5.70. The number of carbonyl (C=O) groups excluding carboxylic acids is 1. The minimum Gasteiger partial charge on any atom is -0.340 e. The molecule has 5 aliphatic rings. The number of piperazine rings is 2. The van der Waals surface area contributed by atoms with Crippen LogP contribution >= 0.6 is 23.2 Å². The number of hydrogen-bond acceptors (Lipinski definition) is 6. The zero-order valence-electron chi connectivity index (χ0n) is 30.0. The highest BCUT2D eigenvalue weighted by Crippen LogP contribution is 2.61. The lowest BCUT2D eigenvalue weighted by molar-refractivity contribution is -0.129. The Morgan fingerprint density at radius 3 is 2.36 bits per heavy atom. The Hall–Kier alpha value is -3.34. The molecule has 268 valence electrons. The molecule has 0 radical (unpaired) electrons. The number of nitrogens with one attached hydrogen (secondary N) is 1. The van der Waals surface area contributed by atoms with Crippen LogP contribution in [-0.4, -0.2) is 102 Å². The first-order chi connectivity index (χ1) is 23.9. The molecule has 0 spiro atoms. The second-order valence-electron chi connectivity index (χ2n) is 15.5. The van der Waals surface area contributed by atoms with Crippen molar-refractivity contribution in [1.82, 2.24) is 24.3 Å². The highest BCUT2D eigenvalue weighted by molar-refractivity contribution is 6.35. The maximum Gasteiger partial charge on any atom is 0.262 e. The van der Waals surface area contributed by atoms with Crippen LogP contribution in [0.15, 0.2) is 46.2 Å². The number of halogens is 2. The molecule has 2 aromatic carbocycles. The van der Waals surface area contributed by atoms with Gasteiger partial charge in [-0.25, -0.2) is 9.98 Å². The van der Waals surface area contributed by atoms with E-state index in [-0.39, 0.29) is 17.5 Å². The molecule has 2 aliphatic heterocycles. The van der Waals surface area contributed by atoms with Crippen molar-refractivity contribution in [2.75, 3.05) is 69.6 Å². The molecule has 3 aromatic rings. The summed E-state index contributed by atoms with van der Waals surface area (Å²) in [5.41, 5.74) is 2.73. The monoisotopic (exact) mass is 720 g/mol. The lowest BCUT2D eigenvalue weighted by Crippen LogP contribution is -2.57. The van der Waals surface area contributed by atoms with Crippen LogP contribution in [0.2, 0.25) is 10.0 Å². The standard InChI is InChI=1S/C38H50Cl2N8O2/c1-24-31-20-27(38(31,3)4)21-33(24)42-36(46-14-12-44(5)13-15-46)41-29-8-9-30-34(23-29)43-37(47-18-16-45(17-19-47)25(2)49)48(35(30)50)11-10-26-6-7-28(39)22-32(26)40/h6-9,22-24,27,31,33H,10-21H2,1-5H3,(H,41,42)/t24-,27-,31+,33-/m0/s1. The highest BCUT2D eigenvalue weighted by atomic mass is 35.5. The number of nitrogens with zero attached hydrogens (tertiary/aromatic N) is 7. The number of rotatable bonds is 6. The Kier molecular flexibility index (Phi) is 9.82. The molecule has 2 bridgehead atoms. The summed E-state index contributed by atoms with van der Waals surface area (Å²) < 4.78 is 1.76. The SMILES string of the molecule is CC(=O)N1CCN(c2nc3cc(NC(=N[C@H]4C[C@@H]5C[C@H]([C@@H]4C)C5(C)C)N4CCN(C)CC4)ccc3c(=O)n2CCc2ccc(Cl)cc2Cl)CC1. The number of aliphatic imine (C=N–C) groups is 1. The van der Waals surface area contributed by atoms with E-state index in [1.54, 1.807) is 17.6 Å².